The molecule has 0 radical (unpaired) electrons. The lowest BCUT2D eigenvalue weighted by atomic mass is 9.95. The molecule has 0 spiro atoms. The summed E-state index contributed by atoms with van der Waals surface area (Å²) >= 11 is 0. The van der Waals surface area contributed by atoms with E-state index in [2.05, 4.69) is 10.3 Å². The number of carbonyl (C=O) groups is 2. The quantitative estimate of drug-likeness (QED) is 0.480. The highest BCUT2D eigenvalue weighted by Gasteiger charge is 2.26. The highest BCUT2D eigenvalue weighted by Crippen LogP contribution is 2.29. The molecule has 2 amide bonds. The van der Waals surface area contributed by atoms with Gasteiger partial charge in [0.1, 0.15) is 17.5 Å². The van der Waals surface area contributed by atoms with Crippen molar-refractivity contribution in [2.75, 3.05) is 29.9 Å². The van der Waals surface area contributed by atoms with Gasteiger partial charge in [0.15, 0.2) is 0 Å². The molecule has 2 atom stereocenters. The Balaban J connectivity index is 1.84. The number of carbonyl (C=O) groups excluding carboxylic acids is 2. The molecule has 6 N–H and O–H groups in total. The van der Waals surface area contributed by atoms with Crippen LogP contribution >= 0.6 is 0 Å². The first-order valence-electron chi connectivity index (χ1n) is 9.83. The zero-order valence-electron chi connectivity index (χ0n) is 16.6. The minimum absolute atomic E-state index is 0.225. The van der Waals surface area contributed by atoms with Crippen LogP contribution in [0.15, 0.2) is 36.4 Å². The molecule has 0 saturated carbocycles. The number of β-amino-alcohol motifs (C(OH)–C–C–N with tert-alkyl or cyclic N) is 1. The van der Waals surface area contributed by atoms with Crippen LogP contribution < -0.4 is 21.7 Å². The van der Waals surface area contributed by atoms with Gasteiger partial charge in [0.2, 0.25) is 11.8 Å². The number of hydrogen-bond acceptors (Lipinski definition) is 6. The predicted molar refractivity (Wildman–Crippen MR) is 111 cm³/mol. The van der Waals surface area contributed by atoms with E-state index in [1.54, 1.807) is 18.2 Å². The van der Waals surface area contributed by atoms with Crippen molar-refractivity contribution in [2.24, 2.45) is 11.5 Å². The predicted octanol–water partition coefficient (Wildman–Crippen LogP) is 0.891. The average molecular weight is 415 g/mol. The van der Waals surface area contributed by atoms with Gasteiger partial charge in [-0.05, 0) is 36.6 Å². The van der Waals surface area contributed by atoms with Crippen LogP contribution in [0.1, 0.15) is 29.9 Å². The maximum absolute atomic E-state index is 13.4. The molecule has 2 unspecified atom stereocenters. The van der Waals surface area contributed by atoms with Gasteiger partial charge in [-0.1, -0.05) is 18.2 Å². The van der Waals surface area contributed by atoms with Gasteiger partial charge in [-0.3, -0.25) is 9.59 Å². The topological polar surface area (TPSA) is 135 Å². The van der Waals surface area contributed by atoms with E-state index in [0.717, 1.165) is 5.56 Å². The third-order valence-corrected chi connectivity index (χ3v) is 5.12. The minimum Gasteiger partial charge on any atom is -0.391 e. The Morgan fingerprint density at radius 3 is 2.73 bits per heavy atom. The summed E-state index contributed by atoms with van der Waals surface area (Å²) in [7, 11) is 0. The normalized spacial score (nSPS) is 17.0. The van der Waals surface area contributed by atoms with Gasteiger partial charge in [-0.15, -0.1) is 0 Å². The minimum atomic E-state index is -0.912. The molecule has 30 heavy (non-hydrogen) atoms. The summed E-state index contributed by atoms with van der Waals surface area (Å²) in [6.07, 6.45) is 0.543. The zero-order valence-corrected chi connectivity index (χ0v) is 16.6. The molecule has 1 aromatic heterocycles. The molecule has 1 aliphatic heterocycles. The van der Waals surface area contributed by atoms with Gasteiger partial charge in [0, 0.05) is 31.6 Å². The number of nitrogens with one attached hydrogen (secondary N) is 1. The van der Waals surface area contributed by atoms with Crippen LogP contribution in [-0.4, -0.2) is 47.6 Å². The lowest BCUT2D eigenvalue weighted by molar-refractivity contribution is -0.124. The molecule has 160 valence electrons. The Bertz CT molecular complexity index is 923. The highest BCUT2D eigenvalue weighted by atomic mass is 19.1. The largest absolute Gasteiger partial charge is 0.391 e. The monoisotopic (exact) mass is 415 g/mol. The van der Waals surface area contributed by atoms with Crippen LogP contribution in [0, 0.1) is 5.82 Å². The molecule has 2 heterocycles. The molecule has 1 aliphatic rings. The van der Waals surface area contributed by atoms with Crippen molar-refractivity contribution in [2.45, 2.75) is 31.3 Å². The van der Waals surface area contributed by atoms with E-state index in [9.17, 15) is 19.1 Å². The third kappa shape index (κ3) is 5.44. The summed E-state index contributed by atoms with van der Waals surface area (Å²) in [4.78, 5) is 30.0. The van der Waals surface area contributed by atoms with E-state index in [1.807, 2.05) is 11.0 Å². The maximum Gasteiger partial charge on any atom is 0.225 e. The Morgan fingerprint density at radius 1 is 1.30 bits per heavy atom. The molecule has 0 aliphatic carbocycles. The van der Waals surface area contributed by atoms with Gasteiger partial charge >= 0.3 is 0 Å². The Hall–Kier alpha value is -3.20. The van der Waals surface area contributed by atoms with E-state index in [1.165, 1.54) is 12.1 Å². The van der Waals surface area contributed by atoms with Crippen LogP contribution in [0.4, 0.5) is 16.0 Å². The third-order valence-electron chi connectivity index (χ3n) is 5.12. The number of aromatic nitrogens is 1. The number of aliphatic hydroxyl groups is 1. The van der Waals surface area contributed by atoms with Crippen molar-refractivity contribution < 1.29 is 19.1 Å². The fraction of sp³-hybridized carbons (Fsp3) is 0.381. The van der Waals surface area contributed by atoms with E-state index in [0.29, 0.717) is 49.7 Å². The molecule has 8 nitrogen and oxygen atoms in total. The van der Waals surface area contributed by atoms with Crippen molar-refractivity contribution >= 4 is 23.5 Å². The second kappa shape index (κ2) is 9.53. The van der Waals surface area contributed by atoms with E-state index in [4.69, 9.17) is 11.5 Å². The van der Waals surface area contributed by atoms with Crippen LogP contribution in [0.5, 0.6) is 0 Å². The summed E-state index contributed by atoms with van der Waals surface area (Å²) in [5.41, 5.74) is 12.1. The number of halogens is 1. The number of nitrogens with zero attached hydrogens (tertiary/aromatic N) is 2. The number of nitrogens with two attached hydrogens (primary N) is 2. The van der Waals surface area contributed by atoms with Gasteiger partial charge in [-0.25, -0.2) is 9.37 Å². The SMILES string of the molecule is NC(=O)CC(C(N)=O)c1ccc(N2CCC(O)C2)nc1NCCc1cccc(F)c1. The number of aliphatic hydroxyl groups excluding tert-OH is 1. The lowest BCUT2D eigenvalue weighted by Crippen LogP contribution is -2.28. The Labute approximate surface area is 174 Å². The molecular formula is C21H26FN5O3. The first-order valence-corrected chi connectivity index (χ1v) is 9.83. The van der Waals surface area contributed by atoms with Crippen LogP contribution in [0.2, 0.25) is 0 Å². The number of anilines is 2. The van der Waals surface area contributed by atoms with Crippen molar-refractivity contribution in [3.05, 3.63) is 53.3 Å². The first-order chi connectivity index (χ1) is 14.3. The molecule has 3 rings (SSSR count). The number of rotatable bonds is 9. The molecular weight excluding hydrogens is 389 g/mol. The Morgan fingerprint density at radius 2 is 2.10 bits per heavy atom. The number of pyridine rings is 1. The highest BCUT2D eigenvalue weighted by molar-refractivity contribution is 5.89. The summed E-state index contributed by atoms with van der Waals surface area (Å²) < 4.78 is 13.4. The number of amides is 2. The molecule has 0 bridgehead atoms. The summed E-state index contributed by atoms with van der Waals surface area (Å²) in [6, 6.07) is 9.74. The number of hydrogen-bond donors (Lipinski definition) is 4. The van der Waals surface area contributed by atoms with Crippen LogP contribution in [0.25, 0.3) is 0 Å². The average Bonchev–Trinajstić information content (AvgIpc) is 3.12. The van der Waals surface area contributed by atoms with Gasteiger partial charge < -0.3 is 26.8 Å². The van der Waals surface area contributed by atoms with Crippen molar-refractivity contribution in [3.8, 4) is 0 Å². The van der Waals surface area contributed by atoms with Gasteiger partial charge in [0.25, 0.3) is 0 Å². The molecule has 1 saturated heterocycles. The molecule has 1 aromatic carbocycles. The van der Waals surface area contributed by atoms with Crippen molar-refractivity contribution in [1.82, 2.24) is 4.98 Å². The Kier molecular flexibility index (Phi) is 6.83. The number of primary amides is 2. The van der Waals surface area contributed by atoms with Gasteiger partial charge in [0.05, 0.1) is 12.0 Å². The summed E-state index contributed by atoms with van der Waals surface area (Å²) in [6.45, 7) is 1.56. The van der Waals surface area contributed by atoms with E-state index in [-0.39, 0.29) is 12.2 Å². The van der Waals surface area contributed by atoms with E-state index >= 15 is 0 Å². The second-order valence-electron chi connectivity index (χ2n) is 7.43. The van der Waals surface area contributed by atoms with Gasteiger partial charge in [-0.2, -0.15) is 0 Å². The van der Waals surface area contributed by atoms with Crippen LogP contribution in [0.3, 0.4) is 0 Å². The van der Waals surface area contributed by atoms with Crippen LogP contribution in [-0.2, 0) is 16.0 Å². The molecule has 9 heteroatoms. The fourth-order valence-electron chi connectivity index (χ4n) is 3.59. The van der Waals surface area contributed by atoms with E-state index < -0.39 is 23.8 Å². The summed E-state index contributed by atoms with van der Waals surface area (Å²) in [5, 5.41) is 13.0. The first kappa shape index (κ1) is 21.5. The standard InChI is InChI=1S/C21H26FN5O3/c22-14-3-1-2-13(10-14)6-8-25-21-16(17(20(24)30)11-18(23)29)4-5-19(26-21)27-9-7-15(28)12-27/h1-5,10,15,17,28H,6-9,11-12H2,(H2,23,29)(H2,24,30)(H,25,26). The smallest absolute Gasteiger partial charge is 0.225 e. The maximum atomic E-state index is 13.4. The van der Waals surface area contributed by atoms with Crippen molar-refractivity contribution in [1.29, 1.82) is 0 Å². The zero-order chi connectivity index (χ0) is 21.7. The second-order valence-corrected chi connectivity index (χ2v) is 7.43. The fourth-order valence-corrected chi connectivity index (χ4v) is 3.59. The summed E-state index contributed by atoms with van der Waals surface area (Å²) in [5.74, 6) is -1.48. The molecule has 1 fully saturated rings. The number of benzene rings is 1. The lowest BCUT2D eigenvalue weighted by Gasteiger charge is -2.22. The molecule has 2 aromatic rings. The van der Waals surface area contributed by atoms with Crippen molar-refractivity contribution in [3.63, 3.8) is 0 Å².